The second-order valence-corrected chi connectivity index (χ2v) is 9.00. The molecule has 0 unspecified atom stereocenters. The third-order valence-corrected chi connectivity index (χ3v) is 6.73. The summed E-state index contributed by atoms with van der Waals surface area (Å²) >= 11 is 0. The van der Waals surface area contributed by atoms with Crippen LogP contribution in [-0.4, -0.2) is 42.2 Å². The Morgan fingerprint density at radius 3 is 2.03 bits per heavy atom. The van der Waals surface area contributed by atoms with Gasteiger partial charge < -0.3 is 19.5 Å². The number of amides is 1. The topological polar surface area (TPSA) is 94.2 Å². The molecular formula is C24H26N2O6S. The molecule has 0 atom stereocenters. The summed E-state index contributed by atoms with van der Waals surface area (Å²) in [7, 11) is 0.437. The monoisotopic (exact) mass is 470 g/mol. The maximum absolute atomic E-state index is 13.5. The summed E-state index contributed by atoms with van der Waals surface area (Å²) in [6, 6.07) is 17.8. The number of hydrogen-bond acceptors (Lipinski definition) is 6. The van der Waals surface area contributed by atoms with Crippen LogP contribution in [0, 0.1) is 6.92 Å². The van der Waals surface area contributed by atoms with Crippen LogP contribution in [0.15, 0.2) is 71.6 Å². The van der Waals surface area contributed by atoms with Gasteiger partial charge in [-0.2, -0.15) is 0 Å². The number of rotatable bonds is 9. The maximum Gasteiger partial charge on any atom is 0.264 e. The van der Waals surface area contributed by atoms with Crippen molar-refractivity contribution in [3.8, 4) is 17.2 Å². The van der Waals surface area contributed by atoms with Crippen LogP contribution in [0.3, 0.4) is 0 Å². The van der Waals surface area contributed by atoms with Crippen LogP contribution in [-0.2, 0) is 14.8 Å². The Labute approximate surface area is 193 Å². The van der Waals surface area contributed by atoms with Crippen molar-refractivity contribution in [2.45, 2.75) is 11.8 Å². The standard InChI is InChI=1S/C24H26N2O6S/c1-17-5-7-18(8-6-17)26(33(28,29)21-12-9-19(30-2)10-13-21)16-24(27)25-22-15-20(31-3)11-14-23(22)32-4/h5-15H,16H2,1-4H3,(H,25,27). The molecule has 0 saturated carbocycles. The Kier molecular flexibility index (Phi) is 7.44. The molecular weight excluding hydrogens is 444 g/mol. The lowest BCUT2D eigenvalue weighted by molar-refractivity contribution is -0.114. The third-order valence-electron chi connectivity index (χ3n) is 4.94. The first-order valence-corrected chi connectivity index (χ1v) is 11.5. The van der Waals surface area contributed by atoms with Crippen LogP contribution >= 0.6 is 0 Å². The zero-order chi connectivity index (χ0) is 24.0. The Balaban J connectivity index is 1.95. The minimum atomic E-state index is -4.05. The van der Waals surface area contributed by atoms with Crippen LogP contribution < -0.4 is 23.8 Å². The van der Waals surface area contributed by atoms with Gasteiger partial charge in [0.2, 0.25) is 5.91 Å². The molecule has 0 fully saturated rings. The van der Waals surface area contributed by atoms with Gasteiger partial charge >= 0.3 is 0 Å². The van der Waals surface area contributed by atoms with Crippen molar-refractivity contribution in [3.05, 3.63) is 72.3 Å². The zero-order valence-corrected chi connectivity index (χ0v) is 19.7. The fourth-order valence-electron chi connectivity index (χ4n) is 3.13. The largest absolute Gasteiger partial charge is 0.497 e. The van der Waals surface area contributed by atoms with Crippen LogP contribution in [0.5, 0.6) is 17.2 Å². The summed E-state index contributed by atoms with van der Waals surface area (Å²) in [6.07, 6.45) is 0. The van der Waals surface area contributed by atoms with Crippen molar-refractivity contribution in [3.63, 3.8) is 0 Å². The Morgan fingerprint density at radius 2 is 1.45 bits per heavy atom. The van der Waals surface area contributed by atoms with Crippen LogP contribution in [0.2, 0.25) is 0 Å². The number of hydrogen-bond donors (Lipinski definition) is 1. The van der Waals surface area contributed by atoms with E-state index in [1.807, 2.05) is 6.92 Å². The molecule has 0 aliphatic carbocycles. The van der Waals surface area contributed by atoms with Crippen molar-refractivity contribution in [2.24, 2.45) is 0 Å². The molecule has 0 aliphatic rings. The van der Waals surface area contributed by atoms with Gasteiger partial charge in [-0.3, -0.25) is 9.10 Å². The molecule has 0 spiro atoms. The lowest BCUT2D eigenvalue weighted by atomic mass is 10.2. The minimum Gasteiger partial charge on any atom is -0.497 e. The number of nitrogens with one attached hydrogen (secondary N) is 1. The van der Waals surface area contributed by atoms with Crippen molar-refractivity contribution in [1.82, 2.24) is 0 Å². The van der Waals surface area contributed by atoms with Crippen LogP contribution in [0.1, 0.15) is 5.56 Å². The molecule has 0 aromatic heterocycles. The number of sulfonamides is 1. The molecule has 3 aromatic carbocycles. The number of anilines is 2. The SMILES string of the molecule is COc1ccc(S(=O)(=O)N(CC(=O)Nc2cc(OC)ccc2OC)c2ccc(C)cc2)cc1. The van der Waals surface area contributed by atoms with Gasteiger partial charge in [-0.1, -0.05) is 17.7 Å². The molecule has 1 N–H and O–H groups in total. The lowest BCUT2D eigenvalue weighted by Gasteiger charge is -2.24. The van der Waals surface area contributed by atoms with Gasteiger partial charge in [0.15, 0.2) is 0 Å². The number of methoxy groups -OCH3 is 3. The van der Waals surface area contributed by atoms with Gasteiger partial charge in [0.25, 0.3) is 10.0 Å². The van der Waals surface area contributed by atoms with E-state index in [-0.39, 0.29) is 4.90 Å². The van der Waals surface area contributed by atoms with E-state index in [0.717, 1.165) is 9.87 Å². The van der Waals surface area contributed by atoms with E-state index in [9.17, 15) is 13.2 Å². The summed E-state index contributed by atoms with van der Waals surface area (Å²) in [5.74, 6) is 0.925. The van der Waals surface area contributed by atoms with E-state index >= 15 is 0 Å². The lowest BCUT2D eigenvalue weighted by Crippen LogP contribution is -2.38. The van der Waals surface area contributed by atoms with Crippen molar-refractivity contribution in [2.75, 3.05) is 37.5 Å². The number of aryl methyl sites for hydroxylation is 1. The minimum absolute atomic E-state index is 0.0376. The van der Waals surface area contributed by atoms with E-state index < -0.39 is 22.5 Å². The number of nitrogens with zero attached hydrogens (tertiary/aromatic N) is 1. The zero-order valence-electron chi connectivity index (χ0n) is 18.9. The average molecular weight is 471 g/mol. The predicted octanol–water partition coefficient (Wildman–Crippen LogP) is 3.85. The summed E-state index contributed by atoms with van der Waals surface area (Å²) in [6.45, 7) is 1.45. The summed E-state index contributed by atoms with van der Waals surface area (Å²) < 4.78 is 43.7. The number of carbonyl (C=O) groups is 1. The molecule has 1 amide bonds. The molecule has 0 radical (unpaired) electrons. The first-order valence-electron chi connectivity index (χ1n) is 10.0. The maximum atomic E-state index is 13.5. The van der Waals surface area contributed by atoms with Gasteiger partial charge in [0.1, 0.15) is 23.8 Å². The molecule has 3 aromatic rings. The van der Waals surface area contributed by atoms with Crippen molar-refractivity contribution >= 4 is 27.3 Å². The molecule has 174 valence electrons. The van der Waals surface area contributed by atoms with E-state index in [2.05, 4.69) is 5.32 Å². The van der Waals surface area contributed by atoms with Gasteiger partial charge in [-0.05, 0) is 55.5 Å². The molecule has 0 bridgehead atoms. The van der Waals surface area contributed by atoms with Crippen LogP contribution in [0.4, 0.5) is 11.4 Å². The fourth-order valence-corrected chi connectivity index (χ4v) is 4.55. The molecule has 9 heteroatoms. The van der Waals surface area contributed by atoms with Gasteiger partial charge in [0, 0.05) is 6.07 Å². The summed E-state index contributed by atoms with van der Waals surface area (Å²) in [5, 5.41) is 2.72. The van der Waals surface area contributed by atoms with Gasteiger partial charge in [-0.25, -0.2) is 8.42 Å². The van der Waals surface area contributed by atoms with E-state index in [4.69, 9.17) is 14.2 Å². The van der Waals surface area contributed by atoms with Crippen molar-refractivity contribution in [1.29, 1.82) is 0 Å². The molecule has 0 heterocycles. The molecule has 8 nitrogen and oxygen atoms in total. The van der Waals surface area contributed by atoms with E-state index in [0.29, 0.717) is 28.6 Å². The predicted molar refractivity (Wildman–Crippen MR) is 127 cm³/mol. The highest BCUT2D eigenvalue weighted by Gasteiger charge is 2.27. The molecule has 0 aliphatic heterocycles. The van der Waals surface area contributed by atoms with E-state index in [1.165, 1.54) is 33.5 Å². The third kappa shape index (κ3) is 5.56. The highest BCUT2D eigenvalue weighted by Crippen LogP contribution is 2.30. The van der Waals surface area contributed by atoms with Gasteiger partial charge in [-0.15, -0.1) is 0 Å². The molecule has 33 heavy (non-hydrogen) atoms. The van der Waals surface area contributed by atoms with Crippen LogP contribution in [0.25, 0.3) is 0 Å². The normalized spacial score (nSPS) is 10.9. The smallest absolute Gasteiger partial charge is 0.264 e. The van der Waals surface area contributed by atoms with E-state index in [1.54, 1.807) is 54.6 Å². The molecule has 3 rings (SSSR count). The average Bonchev–Trinajstić information content (AvgIpc) is 2.83. The highest BCUT2D eigenvalue weighted by atomic mass is 32.2. The first-order chi connectivity index (χ1) is 15.8. The highest BCUT2D eigenvalue weighted by molar-refractivity contribution is 7.92. The van der Waals surface area contributed by atoms with Gasteiger partial charge in [0.05, 0.1) is 37.6 Å². The number of ether oxygens (including phenoxy) is 3. The Bertz CT molecular complexity index is 1210. The Morgan fingerprint density at radius 1 is 0.848 bits per heavy atom. The second-order valence-electron chi connectivity index (χ2n) is 7.14. The number of carbonyl (C=O) groups excluding carboxylic acids is 1. The summed E-state index contributed by atoms with van der Waals surface area (Å²) in [5.41, 5.74) is 1.70. The first kappa shape index (κ1) is 23.9. The summed E-state index contributed by atoms with van der Waals surface area (Å²) in [4.78, 5) is 13.0. The fraction of sp³-hybridized carbons (Fsp3) is 0.208. The number of benzene rings is 3. The second kappa shape index (κ2) is 10.3. The molecule has 0 saturated heterocycles. The van der Waals surface area contributed by atoms with Crippen molar-refractivity contribution < 1.29 is 27.4 Å². The Hall–Kier alpha value is -3.72. The quantitative estimate of drug-likeness (QED) is 0.511.